The first-order valence-electron chi connectivity index (χ1n) is 9.73. The second-order valence-corrected chi connectivity index (χ2v) is 5.99. The van der Waals surface area contributed by atoms with E-state index in [2.05, 4.69) is 14.9 Å². The van der Waals surface area contributed by atoms with Crippen molar-refractivity contribution in [1.29, 1.82) is 0 Å². The standard InChI is InChI=1S/C17H15F3N4O2/c1-9-15(22-23-16(25)26-9)10-2-5-13(14(6-10)17(18,19)20)11-7-21-24(8-11)12-3-4-12/h2,5-9,12H,3-4H2,1H3,(H,23,25)/t9-/m0/s1/i1D3,9D. The summed E-state index contributed by atoms with van der Waals surface area (Å²) in [5.41, 5.74) is -0.0737. The molecule has 26 heavy (non-hydrogen) atoms. The zero-order valence-electron chi connectivity index (χ0n) is 17.2. The molecule has 1 aromatic heterocycles. The van der Waals surface area contributed by atoms with Crippen LogP contribution >= 0.6 is 0 Å². The van der Waals surface area contributed by atoms with Gasteiger partial charge < -0.3 is 4.74 Å². The largest absolute Gasteiger partial charge is 0.439 e. The quantitative estimate of drug-likeness (QED) is 0.897. The smallest absolute Gasteiger partial charge is 0.428 e. The number of carbonyl (C=O) groups is 1. The monoisotopic (exact) mass is 368 g/mol. The molecule has 9 heteroatoms. The number of aromatic nitrogens is 2. The van der Waals surface area contributed by atoms with Crippen molar-refractivity contribution in [3.63, 3.8) is 0 Å². The van der Waals surface area contributed by atoms with Gasteiger partial charge in [-0.2, -0.15) is 23.4 Å². The summed E-state index contributed by atoms with van der Waals surface area (Å²) in [4.78, 5) is 11.4. The van der Waals surface area contributed by atoms with Crippen molar-refractivity contribution in [3.8, 4) is 11.1 Å². The first kappa shape index (κ1) is 12.5. The van der Waals surface area contributed by atoms with Gasteiger partial charge in [0.1, 0.15) is 11.8 Å². The molecule has 0 bridgehead atoms. The van der Waals surface area contributed by atoms with E-state index in [-0.39, 0.29) is 22.7 Å². The molecular formula is C17H15F3N4O2. The highest BCUT2D eigenvalue weighted by atomic mass is 19.4. The first-order chi connectivity index (χ1) is 13.9. The first-order valence-corrected chi connectivity index (χ1v) is 7.73. The number of ether oxygens (including phenoxy) is 1. The third-order valence-corrected chi connectivity index (χ3v) is 4.10. The highest BCUT2D eigenvalue weighted by Gasteiger charge is 2.36. The highest BCUT2D eigenvalue weighted by molar-refractivity contribution is 6.06. The van der Waals surface area contributed by atoms with Gasteiger partial charge in [-0.3, -0.25) is 4.68 Å². The molecular weight excluding hydrogens is 349 g/mol. The van der Waals surface area contributed by atoms with Crippen LogP contribution in [0.15, 0.2) is 35.7 Å². The van der Waals surface area contributed by atoms with Crippen LogP contribution in [0.3, 0.4) is 0 Å². The van der Waals surface area contributed by atoms with Crippen LogP contribution in [0, 0.1) is 0 Å². The van der Waals surface area contributed by atoms with Gasteiger partial charge in [0.25, 0.3) is 0 Å². The van der Waals surface area contributed by atoms with Gasteiger partial charge in [-0.25, -0.2) is 10.2 Å². The molecule has 1 aliphatic carbocycles. The van der Waals surface area contributed by atoms with Crippen molar-refractivity contribution in [2.24, 2.45) is 5.10 Å². The lowest BCUT2D eigenvalue weighted by Crippen LogP contribution is -2.37. The Hall–Kier alpha value is -2.84. The van der Waals surface area contributed by atoms with E-state index in [1.54, 1.807) is 4.68 Å². The van der Waals surface area contributed by atoms with Crippen molar-refractivity contribution in [1.82, 2.24) is 15.2 Å². The Morgan fingerprint density at radius 2 is 2.19 bits per heavy atom. The fraction of sp³-hybridized carbons (Fsp3) is 0.353. The summed E-state index contributed by atoms with van der Waals surface area (Å²) in [5.74, 6) is 0. The predicted octanol–water partition coefficient (Wildman–Crippen LogP) is 3.74. The molecule has 1 amide bonds. The number of rotatable bonds is 3. The molecule has 1 aliphatic heterocycles. The lowest BCUT2D eigenvalue weighted by molar-refractivity contribution is -0.137. The summed E-state index contributed by atoms with van der Waals surface area (Å²) >= 11 is 0. The Kier molecular flexibility index (Phi) is 2.82. The summed E-state index contributed by atoms with van der Waals surface area (Å²) in [6.07, 6.45) is -4.34. The minimum absolute atomic E-state index is 0.149. The van der Waals surface area contributed by atoms with Crippen LogP contribution in [0.1, 0.15) is 42.3 Å². The summed E-state index contributed by atoms with van der Waals surface area (Å²) in [7, 11) is 0. The molecule has 1 atom stereocenters. The molecule has 0 radical (unpaired) electrons. The van der Waals surface area contributed by atoms with E-state index in [1.165, 1.54) is 18.5 Å². The second kappa shape index (κ2) is 5.86. The summed E-state index contributed by atoms with van der Waals surface area (Å²) < 4.78 is 78.4. The van der Waals surface area contributed by atoms with Crippen molar-refractivity contribution in [3.05, 3.63) is 41.7 Å². The fourth-order valence-electron chi connectivity index (χ4n) is 2.71. The van der Waals surface area contributed by atoms with E-state index in [0.717, 1.165) is 18.9 Å². The normalized spacial score (nSPS) is 26.0. The molecule has 2 aromatic rings. The molecule has 136 valence electrons. The van der Waals surface area contributed by atoms with E-state index < -0.39 is 36.5 Å². The molecule has 1 N–H and O–H groups in total. The number of cyclic esters (lactones) is 1. The van der Waals surface area contributed by atoms with Crippen molar-refractivity contribution in [2.45, 2.75) is 38.0 Å². The number of hydrogen-bond acceptors (Lipinski definition) is 4. The zero-order valence-corrected chi connectivity index (χ0v) is 13.2. The third-order valence-electron chi connectivity index (χ3n) is 4.10. The molecule has 2 aliphatic rings. The van der Waals surface area contributed by atoms with E-state index in [1.807, 2.05) is 5.43 Å². The number of hydrogen-bond donors (Lipinski definition) is 1. The summed E-state index contributed by atoms with van der Waals surface area (Å²) in [5, 5.41) is 7.63. The molecule has 1 aromatic carbocycles. The van der Waals surface area contributed by atoms with Gasteiger partial charge in [-0.15, -0.1) is 0 Å². The SMILES string of the molecule is [2H]C([2H])([2H])[C@]1([2H])OC(=O)NN=C1c1ccc(-c2cnn(C3CC3)c2)c(C(F)(F)F)c1. The van der Waals surface area contributed by atoms with Crippen LogP contribution in [0.4, 0.5) is 18.0 Å². The topological polar surface area (TPSA) is 68.5 Å². The van der Waals surface area contributed by atoms with Crippen LogP contribution < -0.4 is 5.43 Å². The number of nitrogens with one attached hydrogen (secondary N) is 1. The molecule has 1 fully saturated rings. The maximum atomic E-state index is 13.8. The Morgan fingerprint density at radius 1 is 1.38 bits per heavy atom. The summed E-state index contributed by atoms with van der Waals surface area (Å²) in [6.45, 7) is -3.19. The summed E-state index contributed by atoms with van der Waals surface area (Å²) in [6, 6.07) is 3.24. The Labute approximate surface area is 152 Å². The minimum Gasteiger partial charge on any atom is -0.439 e. The highest BCUT2D eigenvalue weighted by Crippen LogP contribution is 2.40. The van der Waals surface area contributed by atoms with E-state index >= 15 is 0 Å². The number of alkyl halides is 3. The Balaban J connectivity index is 1.82. The molecule has 0 saturated heterocycles. The van der Waals surface area contributed by atoms with Crippen LogP contribution in [0.25, 0.3) is 11.1 Å². The number of carbonyl (C=O) groups excluding carboxylic acids is 1. The molecule has 1 saturated carbocycles. The second-order valence-electron chi connectivity index (χ2n) is 5.99. The van der Waals surface area contributed by atoms with Gasteiger partial charge in [0, 0.05) is 21.4 Å². The molecule has 4 rings (SSSR count). The van der Waals surface area contributed by atoms with Gasteiger partial charge in [0.05, 0.1) is 19.2 Å². The zero-order chi connectivity index (χ0) is 21.9. The van der Waals surface area contributed by atoms with Crippen molar-refractivity contribution in [2.75, 3.05) is 0 Å². The van der Waals surface area contributed by atoms with Gasteiger partial charge in [0.2, 0.25) is 0 Å². The van der Waals surface area contributed by atoms with E-state index in [9.17, 15) is 18.0 Å². The number of hydrazone groups is 1. The Bertz CT molecular complexity index is 1050. The fourth-order valence-corrected chi connectivity index (χ4v) is 2.71. The number of amides is 1. The van der Waals surface area contributed by atoms with Crippen LogP contribution in [-0.4, -0.2) is 27.7 Å². The lowest BCUT2D eigenvalue weighted by atomic mass is 9.96. The van der Waals surface area contributed by atoms with Gasteiger partial charge in [-0.05, 0) is 31.3 Å². The third kappa shape index (κ3) is 3.04. The van der Waals surface area contributed by atoms with E-state index in [0.29, 0.717) is 6.07 Å². The number of halogens is 3. The van der Waals surface area contributed by atoms with Crippen LogP contribution in [0.2, 0.25) is 0 Å². The Morgan fingerprint density at radius 3 is 2.88 bits per heavy atom. The van der Waals surface area contributed by atoms with E-state index in [4.69, 9.17) is 5.48 Å². The molecule has 0 unspecified atom stereocenters. The predicted molar refractivity (Wildman–Crippen MR) is 86.6 cm³/mol. The number of nitrogens with zero attached hydrogens (tertiary/aromatic N) is 3. The maximum Gasteiger partial charge on any atom is 0.428 e. The van der Waals surface area contributed by atoms with Gasteiger partial charge in [0.15, 0.2) is 0 Å². The van der Waals surface area contributed by atoms with Crippen molar-refractivity contribution < 1.29 is 28.2 Å². The number of benzene rings is 1. The molecule has 2 heterocycles. The molecule has 0 spiro atoms. The maximum absolute atomic E-state index is 13.8. The van der Waals surface area contributed by atoms with Crippen LogP contribution in [0.5, 0.6) is 0 Å². The van der Waals surface area contributed by atoms with Gasteiger partial charge >= 0.3 is 12.3 Å². The minimum atomic E-state index is -4.78. The molecule has 6 nitrogen and oxygen atoms in total. The lowest BCUT2D eigenvalue weighted by Gasteiger charge is -2.21. The average Bonchev–Trinajstić information content (AvgIpc) is 3.37. The van der Waals surface area contributed by atoms with Gasteiger partial charge in [-0.1, -0.05) is 12.1 Å². The van der Waals surface area contributed by atoms with Crippen molar-refractivity contribution >= 4 is 11.8 Å². The van der Waals surface area contributed by atoms with Crippen LogP contribution in [-0.2, 0) is 10.9 Å². The average molecular weight is 368 g/mol.